The molecule has 1 N–H and O–H groups in total. The normalized spacial score (nSPS) is 19.6. The number of benzene rings is 1. The molecule has 1 aromatic rings. The Morgan fingerprint density at radius 1 is 1.37 bits per heavy atom. The lowest BCUT2D eigenvalue weighted by molar-refractivity contribution is 0.280. The Balaban J connectivity index is 1.83. The van der Waals surface area contributed by atoms with Gasteiger partial charge in [-0.15, -0.1) is 0 Å². The van der Waals surface area contributed by atoms with Gasteiger partial charge in [0.05, 0.1) is 6.61 Å². The molecule has 1 aliphatic heterocycles. The average Bonchev–Trinajstić information content (AvgIpc) is 3.27. The molecule has 2 nitrogen and oxygen atoms in total. The third-order valence-corrected chi connectivity index (χ3v) is 4.25. The molecule has 0 spiro atoms. The van der Waals surface area contributed by atoms with Crippen LogP contribution in [-0.4, -0.2) is 13.2 Å². The lowest BCUT2D eigenvalue weighted by atomic mass is 9.95. The highest BCUT2D eigenvalue weighted by Crippen LogP contribution is 2.41. The first-order chi connectivity index (χ1) is 9.38. The summed E-state index contributed by atoms with van der Waals surface area (Å²) < 4.78 is 5.98. The molecule has 104 valence electrons. The van der Waals surface area contributed by atoms with Crippen LogP contribution in [0.25, 0.3) is 0 Å². The highest BCUT2D eigenvalue weighted by molar-refractivity contribution is 5.44. The maximum Gasteiger partial charge on any atom is 0.127 e. The third-order valence-electron chi connectivity index (χ3n) is 4.25. The van der Waals surface area contributed by atoms with Crippen molar-refractivity contribution in [3.63, 3.8) is 0 Å². The van der Waals surface area contributed by atoms with E-state index in [1.54, 1.807) is 0 Å². The van der Waals surface area contributed by atoms with E-state index in [-0.39, 0.29) is 0 Å². The number of aryl methyl sites for hydroxylation is 1. The molecule has 1 aliphatic carbocycles. The van der Waals surface area contributed by atoms with Gasteiger partial charge in [-0.2, -0.15) is 0 Å². The second kappa shape index (κ2) is 5.96. The molecular weight excluding hydrogens is 234 g/mol. The van der Waals surface area contributed by atoms with E-state index in [0.29, 0.717) is 6.04 Å². The number of para-hydroxylation sites is 1. The van der Waals surface area contributed by atoms with Crippen molar-refractivity contribution < 1.29 is 4.74 Å². The fourth-order valence-electron chi connectivity index (χ4n) is 3.01. The molecule has 1 aromatic carbocycles. The first-order valence-electron chi connectivity index (χ1n) is 7.86. The van der Waals surface area contributed by atoms with Crippen molar-refractivity contribution in [3.05, 3.63) is 29.3 Å². The van der Waals surface area contributed by atoms with Crippen LogP contribution in [0.4, 0.5) is 0 Å². The Hall–Kier alpha value is -1.02. The molecule has 0 amide bonds. The fourth-order valence-corrected chi connectivity index (χ4v) is 3.01. The van der Waals surface area contributed by atoms with Gasteiger partial charge in [0.15, 0.2) is 0 Å². The number of rotatable bonds is 6. The second-order valence-electron chi connectivity index (χ2n) is 5.97. The van der Waals surface area contributed by atoms with Crippen molar-refractivity contribution in [2.24, 2.45) is 5.92 Å². The molecule has 1 saturated carbocycles. The SMILES string of the molecule is CCCNC(CC1CC1)c1cccc2c1OCCC2. The predicted molar refractivity (Wildman–Crippen MR) is 78.6 cm³/mol. The second-order valence-corrected chi connectivity index (χ2v) is 5.97. The molecule has 1 atom stereocenters. The molecule has 0 saturated heterocycles. The number of hydrogen-bond acceptors (Lipinski definition) is 2. The minimum atomic E-state index is 0.487. The van der Waals surface area contributed by atoms with E-state index in [4.69, 9.17) is 4.74 Å². The maximum absolute atomic E-state index is 5.98. The van der Waals surface area contributed by atoms with E-state index in [1.807, 2.05) is 0 Å². The van der Waals surface area contributed by atoms with E-state index >= 15 is 0 Å². The van der Waals surface area contributed by atoms with Crippen molar-refractivity contribution in [2.45, 2.75) is 51.5 Å². The summed E-state index contributed by atoms with van der Waals surface area (Å²) in [6.07, 6.45) is 7.64. The van der Waals surface area contributed by atoms with Gasteiger partial charge >= 0.3 is 0 Å². The summed E-state index contributed by atoms with van der Waals surface area (Å²) in [6.45, 7) is 4.22. The van der Waals surface area contributed by atoms with Crippen LogP contribution < -0.4 is 10.1 Å². The van der Waals surface area contributed by atoms with Gasteiger partial charge in [0, 0.05) is 11.6 Å². The van der Waals surface area contributed by atoms with Gasteiger partial charge in [0.1, 0.15) is 5.75 Å². The van der Waals surface area contributed by atoms with Gasteiger partial charge in [-0.1, -0.05) is 38.0 Å². The Kier molecular flexibility index (Phi) is 4.07. The summed E-state index contributed by atoms with van der Waals surface area (Å²) >= 11 is 0. The molecule has 2 heteroatoms. The van der Waals surface area contributed by atoms with Gasteiger partial charge < -0.3 is 10.1 Å². The monoisotopic (exact) mass is 259 g/mol. The van der Waals surface area contributed by atoms with E-state index < -0.39 is 0 Å². The molecule has 1 unspecified atom stereocenters. The minimum Gasteiger partial charge on any atom is -0.493 e. The first kappa shape index (κ1) is 13.0. The Labute approximate surface area is 116 Å². The van der Waals surface area contributed by atoms with Crippen molar-refractivity contribution in [1.82, 2.24) is 5.32 Å². The summed E-state index contributed by atoms with van der Waals surface area (Å²) in [6, 6.07) is 7.18. The summed E-state index contributed by atoms with van der Waals surface area (Å²) in [5, 5.41) is 3.73. The molecule has 1 heterocycles. The van der Waals surface area contributed by atoms with Crippen LogP contribution >= 0.6 is 0 Å². The van der Waals surface area contributed by atoms with Crippen molar-refractivity contribution >= 4 is 0 Å². The van der Waals surface area contributed by atoms with Crippen molar-refractivity contribution in [2.75, 3.05) is 13.2 Å². The molecule has 0 aromatic heterocycles. The molecule has 3 rings (SSSR count). The molecule has 0 radical (unpaired) electrons. The van der Waals surface area contributed by atoms with Crippen LogP contribution in [-0.2, 0) is 6.42 Å². The highest BCUT2D eigenvalue weighted by Gasteiger charge is 2.28. The topological polar surface area (TPSA) is 21.3 Å². The highest BCUT2D eigenvalue weighted by atomic mass is 16.5. The van der Waals surface area contributed by atoms with Crippen LogP contribution in [0.15, 0.2) is 18.2 Å². The van der Waals surface area contributed by atoms with Gasteiger partial charge in [-0.05, 0) is 43.7 Å². The zero-order chi connectivity index (χ0) is 13.1. The average molecular weight is 259 g/mol. The van der Waals surface area contributed by atoms with Gasteiger partial charge in [-0.25, -0.2) is 0 Å². The van der Waals surface area contributed by atoms with E-state index in [9.17, 15) is 0 Å². The lowest BCUT2D eigenvalue weighted by Gasteiger charge is -2.26. The van der Waals surface area contributed by atoms with Crippen LogP contribution in [0, 0.1) is 5.92 Å². The lowest BCUT2D eigenvalue weighted by Crippen LogP contribution is -2.24. The Morgan fingerprint density at radius 3 is 3.05 bits per heavy atom. The summed E-state index contributed by atoms with van der Waals surface area (Å²) in [5.74, 6) is 2.12. The summed E-state index contributed by atoms with van der Waals surface area (Å²) in [5.41, 5.74) is 2.81. The standard InChI is InChI=1S/C17H25NO/c1-2-10-18-16(12-13-8-9-13)15-7-3-5-14-6-4-11-19-17(14)15/h3,5,7,13,16,18H,2,4,6,8-12H2,1H3. The van der Waals surface area contributed by atoms with E-state index in [0.717, 1.165) is 25.5 Å². The molecular formula is C17H25NO. The smallest absolute Gasteiger partial charge is 0.127 e. The third kappa shape index (κ3) is 3.11. The summed E-state index contributed by atoms with van der Waals surface area (Å²) in [7, 11) is 0. The number of nitrogens with one attached hydrogen (secondary N) is 1. The Morgan fingerprint density at radius 2 is 2.26 bits per heavy atom. The van der Waals surface area contributed by atoms with Crippen LogP contribution in [0.5, 0.6) is 5.75 Å². The zero-order valence-electron chi connectivity index (χ0n) is 12.0. The van der Waals surface area contributed by atoms with Gasteiger partial charge in [0.25, 0.3) is 0 Å². The van der Waals surface area contributed by atoms with E-state index in [2.05, 4.69) is 30.4 Å². The molecule has 0 bridgehead atoms. The van der Waals surface area contributed by atoms with Crippen LogP contribution in [0.3, 0.4) is 0 Å². The molecule has 2 aliphatic rings. The Bertz CT molecular complexity index is 425. The molecule has 19 heavy (non-hydrogen) atoms. The van der Waals surface area contributed by atoms with Gasteiger partial charge in [-0.3, -0.25) is 0 Å². The minimum absolute atomic E-state index is 0.487. The van der Waals surface area contributed by atoms with Crippen molar-refractivity contribution in [3.8, 4) is 5.75 Å². The summed E-state index contributed by atoms with van der Waals surface area (Å²) in [4.78, 5) is 0. The van der Waals surface area contributed by atoms with Gasteiger partial charge in [0.2, 0.25) is 0 Å². The number of ether oxygens (including phenoxy) is 1. The van der Waals surface area contributed by atoms with Crippen LogP contribution in [0.2, 0.25) is 0 Å². The zero-order valence-corrected chi connectivity index (χ0v) is 12.0. The number of fused-ring (bicyclic) bond motifs is 1. The van der Waals surface area contributed by atoms with Crippen molar-refractivity contribution in [1.29, 1.82) is 0 Å². The largest absolute Gasteiger partial charge is 0.493 e. The van der Waals surface area contributed by atoms with E-state index in [1.165, 1.54) is 49.0 Å². The first-order valence-corrected chi connectivity index (χ1v) is 7.86. The number of hydrogen-bond donors (Lipinski definition) is 1. The quantitative estimate of drug-likeness (QED) is 0.837. The fraction of sp³-hybridized carbons (Fsp3) is 0.647. The van der Waals surface area contributed by atoms with Crippen LogP contribution in [0.1, 0.15) is 56.2 Å². The molecule has 1 fully saturated rings. The maximum atomic E-state index is 5.98. The predicted octanol–water partition coefficient (Wildman–Crippen LogP) is 3.85.